The zero-order valence-electron chi connectivity index (χ0n) is 17.4. The molecule has 0 saturated carbocycles. The van der Waals surface area contributed by atoms with Crippen LogP contribution in [0.25, 0.3) is 16.7 Å². The second-order valence-electron chi connectivity index (χ2n) is 9.40. The van der Waals surface area contributed by atoms with E-state index in [4.69, 9.17) is 0 Å². The fourth-order valence-corrected chi connectivity index (χ4v) is 5.87. The summed E-state index contributed by atoms with van der Waals surface area (Å²) in [6.07, 6.45) is 6.95. The quantitative estimate of drug-likeness (QED) is 0.417. The molecule has 0 bridgehead atoms. The van der Waals surface area contributed by atoms with Gasteiger partial charge in [0, 0.05) is 11.3 Å². The Morgan fingerprint density at radius 2 is 1.62 bits per heavy atom. The lowest BCUT2D eigenvalue weighted by molar-refractivity contribution is 0.660. The summed E-state index contributed by atoms with van der Waals surface area (Å²) in [6.45, 7) is 6.92. The van der Waals surface area contributed by atoms with Gasteiger partial charge in [0.05, 0.1) is 0 Å². The molecule has 1 atom stereocenters. The first kappa shape index (κ1) is 17.0. The smallest absolute Gasteiger partial charge is 0.0158 e. The second kappa shape index (κ2) is 5.83. The van der Waals surface area contributed by atoms with Crippen LogP contribution in [-0.4, -0.2) is 0 Å². The van der Waals surface area contributed by atoms with E-state index in [9.17, 15) is 0 Å². The maximum absolute atomic E-state index is 2.40. The maximum atomic E-state index is 2.40. The van der Waals surface area contributed by atoms with Crippen LogP contribution in [0.2, 0.25) is 0 Å². The van der Waals surface area contributed by atoms with Gasteiger partial charge >= 0.3 is 0 Å². The third-order valence-electron chi connectivity index (χ3n) is 7.42. The highest BCUT2D eigenvalue weighted by atomic mass is 14.4. The van der Waals surface area contributed by atoms with Gasteiger partial charge in [-0.1, -0.05) is 97.8 Å². The zero-order chi connectivity index (χ0) is 19.8. The van der Waals surface area contributed by atoms with Crippen molar-refractivity contribution >= 4 is 5.57 Å². The molecule has 3 aliphatic rings. The molecule has 6 rings (SSSR count). The fraction of sp³-hybridized carbons (Fsp3) is 0.241. The summed E-state index contributed by atoms with van der Waals surface area (Å²) in [5, 5.41) is 0. The van der Waals surface area contributed by atoms with Gasteiger partial charge in [-0.25, -0.2) is 0 Å². The van der Waals surface area contributed by atoms with Crippen LogP contribution in [0.4, 0.5) is 0 Å². The summed E-state index contributed by atoms with van der Waals surface area (Å²) >= 11 is 0. The number of fused-ring (bicyclic) bond motifs is 6. The van der Waals surface area contributed by atoms with Gasteiger partial charge in [0.25, 0.3) is 0 Å². The predicted octanol–water partition coefficient (Wildman–Crippen LogP) is 7.35. The van der Waals surface area contributed by atoms with Gasteiger partial charge < -0.3 is 0 Å². The SMILES string of the molecule is Cc1ccc(C2CC=CC3=C2Cc2c3ccc3c2-c2ccccc2C3(C)C)cc1. The van der Waals surface area contributed by atoms with E-state index in [-0.39, 0.29) is 5.41 Å². The van der Waals surface area contributed by atoms with Gasteiger partial charge in [-0.2, -0.15) is 0 Å². The van der Waals surface area contributed by atoms with E-state index in [0.717, 1.165) is 12.8 Å². The number of benzene rings is 3. The molecule has 0 aromatic heterocycles. The average molecular weight is 375 g/mol. The summed E-state index contributed by atoms with van der Waals surface area (Å²) in [7, 11) is 0. The van der Waals surface area contributed by atoms with Crippen LogP contribution < -0.4 is 0 Å². The molecule has 0 saturated heterocycles. The van der Waals surface area contributed by atoms with Crippen molar-refractivity contribution in [3.05, 3.63) is 112 Å². The van der Waals surface area contributed by atoms with Gasteiger partial charge in [0.15, 0.2) is 0 Å². The van der Waals surface area contributed by atoms with Gasteiger partial charge in [0.1, 0.15) is 0 Å². The van der Waals surface area contributed by atoms with Crippen molar-refractivity contribution < 1.29 is 0 Å². The maximum Gasteiger partial charge on any atom is 0.0158 e. The van der Waals surface area contributed by atoms with Crippen molar-refractivity contribution in [3.63, 3.8) is 0 Å². The number of hydrogen-bond acceptors (Lipinski definition) is 0. The van der Waals surface area contributed by atoms with Crippen LogP contribution in [0, 0.1) is 6.92 Å². The molecule has 0 nitrogen and oxygen atoms in total. The highest BCUT2D eigenvalue weighted by Crippen LogP contribution is 2.55. The van der Waals surface area contributed by atoms with Crippen molar-refractivity contribution in [3.8, 4) is 11.1 Å². The number of rotatable bonds is 1. The summed E-state index contributed by atoms with van der Waals surface area (Å²) < 4.78 is 0. The van der Waals surface area contributed by atoms with Gasteiger partial charge in [-0.15, -0.1) is 0 Å². The standard InChI is InChI=1S/C29H26/c1-18-11-13-19(14-12-18)20-8-6-9-21-22-15-16-27-28(25(22)17-24(20)21)23-7-4-5-10-26(23)29(27,2)3/h4-7,9-16,20H,8,17H2,1-3H3. The Morgan fingerprint density at radius 3 is 2.45 bits per heavy atom. The van der Waals surface area contributed by atoms with E-state index in [2.05, 4.69) is 93.6 Å². The molecular weight excluding hydrogens is 348 g/mol. The molecular formula is C29H26. The second-order valence-corrected chi connectivity index (χ2v) is 9.40. The van der Waals surface area contributed by atoms with Gasteiger partial charge in [-0.05, 0) is 64.3 Å². The highest BCUT2D eigenvalue weighted by molar-refractivity contribution is 5.93. The van der Waals surface area contributed by atoms with Crippen LogP contribution in [0.3, 0.4) is 0 Å². The lowest BCUT2D eigenvalue weighted by atomic mass is 9.81. The Kier molecular flexibility index (Phi) is 3.42. The molecule has 0 radical (unpaired) electrons. The average Bonchev–Trinajstić information content (AvgIpc) is 3.22. The normalized spacial score (nSPS) is 20.3. The predicted molar refractivity (Wildman–Crippen MR) is 122 cm³/mol. The minimum atomic E-state index is 0.0796. The van der Waals surface area contributed by atoms with Crippen molar-refractivity contribution in [2.24, 2.45) is 0 Å². The Hall–Kier alpha value is -2.86. The van der Waals surface area contributed by atoms with E-state index in [1.165, 1.54) is 44.5 Å². The van der Waals surface area contributed by atoms with Crippen molar-refractivity contribution in [2.75, 3.05) is 0 Å². The molecule has 0 heteroatoms. The van der Waals surface area contributed by atoms with Crippen molar-refractivity contribution in [1.29, 1.82) is 0 Å². The lowest BCUT2D eigenvalue weighted by Crippen LogP contribution is -2.15. The summed E-state index contributed by atoms with van der Waals surface area (Å²) in [4.78, 5) is 0. The number of aryl methyl sites for hydroxylation is 1. The first-order chi connectivity index (χ1) is 14.1. The topological polar surface area (TPSA) is 0 Å². The van der Waals surface area contributed by atoms with Crippen molar-refractivity contribution in [1.82, 2.24) is 0 Å². The third kappa shape index (κ3) is 2.26. The van der Waals surface area contributed by atoms with Gasteiger partial charge in [0.2, 0.25) is 0 Å². The Bertz CT molecular complexity index is 1220. The summed E-state index contributed by atoms with van der Waals surface area (Å²) in [5.74, 6) is 0.503. The number of allylic oxidation sites excluding steroid dienone is 4. The fourth-order valence-electron chi connectivity index (χ4n) is 5.87. The van der Waals surface area contributed by atoms with Gasteiger partial charge in [-0.3, -0.25) is 0 Å². The van der Waals surface area contributed by atoms with Crippen LogP contribution in [0.15, 0.2) is 78.4 Å². The van der Waals surface area contributed by atoms with E-state index in [1.807, 2.05) is 0 Å². The summed E-state index contributed by atoms with van der Waals surface area (Å²) in [6, 6.07) is 23.0. The molecule has 0 fully saturated rings. The Balaban J connectivity index is 1.52. The molecule has 3 aliphatic carbocycles. The molecule has 0 amide bonds. The largest absolute Gasteiger partial charge is 0.0830 e. The van der Waals surface area contributed by atoms with Crippen LogP contribution in [0.5, 0.6) is 0 Å². The molecule has 0 spiro atoms. The Labute approximate surface area is 173 Å². The van der Waals surface area contributed by atoms with Crippen LogP contribution in [0.1, 0.15) is 59.6 Å². The molecule has 29 heavy (non-hydrogen) atoms. The molecule has 0 aliphatic heterocycles. The first-order valence-electron chi connectivity index (χ1n) is 10.8. The molecule has 3 aromatic carbocycles. The van der Waals surface area contributed by atoms with E-state index in [1.54, 1.807) is 11.1 Å². The minimum absolute atomic E-state index is 0.0796. The van der Waals surface area contributed by atoms with E-state index in [0.29, 0.717) is 5.92 Å². The molecule has 1 unspecified atom stereocenters. The third-order valence-corrected chi connectivity index (χ3v) is 7.42. The minimum Gasteiger partial charge on any atom is -0.0830 e. The lowest BCUT2D eigenvalue weighted by Gasteiger charge is -2.22. The number of hydrogen-bond donors (Lipinski definition) is 0. The van der Waals surface area contributed by atoms with Crippen LogP contribution >= 0.6 is 0 Å². The Morgan fingerprint density at radius 1 is 0.828 bits per heavy atom. The summed E-state index contributed by atoms with van der Waals surface area (Å²) in [5.41, 5.74) is 14.9. The van der Waals surface area contributed by atoms with Crippen LogP contribution in [-0.2, 0) is 11.8 Å². The molecule has 0 N–H and O–H groups in total. The molecule has 142 valence electrons. The molecule has 0 heterocycles. The van der Waals surface area contributed by atoms with E-state index < -0.39 is 0 Å². The highest BCUT2D eigenvalue weighted by Gasteiger charge is 2.39. The zero-order valence-corrected chi connectivity index (χ0v) is 17.4. The first-order valence-corrected chi connectivity index (χ1v) is 10.8. The monoisotopic (exact) mass is 374 g/mol. The molecule has 3 aromatic rings. The van der Waals surface area contributed by atoms with E-state index >= 15 is 0 Å². The van der Waals surface area contributed by atoms with Crippen molar-refractivity contribution in [2.45, 2.75) is 44.9 Å².